The normalized spacial score (nSPS) is 14.6. The van der Waals surface area contributed by atoms with Gasteiger partial charge in [0.25, 0.3) is 0 Å². The van der Waals surface area contributed by atoms with Crippen molar-refractivity contribution < 1.29 is 9.13 Å². The maximum atomic E-state index is 2.52. The molecule has 2 aromatic heterocycles. The third-order valence-electron chi connectivity index (χ3n) is 8.59. The predicted octanol–water partition coefficient (Wildman–Crippen LogP) is 8.18. The third-order valence-corrected chi connectivity index (χ3v) is 8.59. The minimum absolute atomic E-state index is 0.118. The van der Waals surface area contributed by atoms with Crippen LogP contribution in [0.5, 0.6) is 0 Å². The maximum Gasteiger partial charge on any atom is 0.213 e. The van der Waals surface area contributed by atoms with Crippen LogP contribution in [-0.4, -0.2) is 0 Å². The van der Waals surface area contributed by atoms with Gasteiger partial charge in [-0.2, -0.15) is 4.57 Å². The molecule has 0 aliphatic carbocycles. The first-order valence-corrected chi connectivity index (χ1v) is 14.1. The van der Waals surface area contributed by atoms with Crippen LogP contribution >= 0.6 is 0 Å². The summed E-state index contributed by atoms with van der Waals surface area (Å²) in [6, 6.07) is 37.3. The van der Waals surface area contributed by atoms with E-state index in [1.54, 1.807) is 0 Å². The molecule has 192 valence electrons. The minimum atomic E-state index is -0.118. The lowest BCUT2D eigenvalue weighted by atomic mass is 9.74. The number of benzene rings is 3. The average molecular weight is 509 g/mol. The molecule has 0 saturated heterocycles. The van der Waals surface area contributed by atoms with Gasteiger partial charge in [-0.15, -0.1) is 0 Å². The van der Waals surface area contributed by atoms with E-state index in [0.29, 0.717) is 0 Å². The van der Waals surface area contributed by atoms with E-state index in [1.165, 1.54) is 55.9 Å². The Hall–Kier alpha value is -4.30. The second-order valence-electron chi connectivity index (χ2n) is 10.6. The maximum absolute atomic E-state index is 2.52. The molecular weight excluding hydrogens is 472 g/mol. The summed E-state index contributed by atoms with van der Waals surface area (Å²) < 4.78 is 4.79. The lowest BCUT2D eigenvalue weighted by Crippen LogP contribution is -2.59. The van der Waals surface area contributed by atoms with E-state index >= 15 is 0 Å². The van der Waals surface area contributed by atoms with Gasteiger partial charge in [-0.25, -0.2) is 4.57 Å². The first kappa shape index (κ1) is 25.0. The lowest BCUT2D eigenvalue weighted by molar-refractivity contribution is -0.741. The fourth-order valence-electron chi connectivity index (χ4n) is 6.49. The van der Waals surface area contributed by atoms with Crippen molar-refractivity contribution in [1.29, 1.82) is 0 Å². The number of aromatic nitrogens is 2. The van der Waals surface area contributed by atoms with Crippen LogP contribution in [0, 0.1) is 6.92 Å². The Kier molecular flexibility index (Phi) is 6.48. The molecule has 3 aromatic carbocycles. The smallest absolute Gasteiger partial charge is 0.200 e. The Morgan fingerprint density at radius 2 is 1.31 bits per heavy atom. The van der Waals surface area contributed by atoms with Crippen molar-refractivity contribution in [3.05, 3.63) is 132 Å². The van der Waals surface area contributed by atoms with Crippen molar-refractivity contribution in [3.63, 3.8) is 0 Å². The summed E-state index contributed by atoms with van der Waals surface area (Å²) in [4.78, 5) is 0. The number of nitrogens with zero attached hydrogens (tertiary/aromatic N) is 2. The molecule has 0 saturated carbocycles. The molecule has 0 radical (unpaired) electrons. The molecule has 39 heavy (non-hydrogen) atoms. The summed E-state index contributed by atoms with van der Waals surface area (Å²) in [7, 11) is 2.16. The Morgan fingerprint density at radius 3 is 2.05 bits per heavy atom. The Balaban J connectivity index is 1.56. The monoisotopic (exact) mass is 508 g/mol. The molecular formula is C37H36N2+2. The van der Waals surface area contributed by atoms with E-state index in [0.717, 1.165) is 12.8 Å². The third kappa shape index (κ3) is 4.12. The number of rotatable bonds is 5. The van der Waals surface area contributed by atoms with Crippen molar-refractivity contribution in [2.75, 3.05) is 0 Å². The van der Waals surface area contributed by atoms with E-state index in [1.807, 2.05) is 0 Å². The van der Waals surface area contributed by atoms with Gasteiger partial charge in [0, 0.05) is 42.2 Å². The molecule has 5 aromatic rings. The second-order valence-corrected chi connectivity index (χ2v) is 10.6. The van der Waals surface area contributed by atoms with E-state index < -0.39 is 0 Å². The molecule has 2 nitrogen and oxygen atoms in total. The fraction of sp³-hybridized carbons (Fsp3) is 0.189. The highest BCUT2D eigenvalue weighted by Crippen LogP contribution is 2.45. The SMILES string of the molecule is CCC1(CC)C(=Cc2ccccc2-c2cc(C)c(-c3ccccc3)c[n+]2C)c2ccccc2-c2cccc[n+]21. The van der Waals surface area contributed by atoms with Crippen molar-refractivity contribution in [2.24, 2.45) is 7.05 Å². The fourth-order valence-corrected chi connectivity index (χ4v) is 6.49. The number of fused-ring (bicyclic) bond motifs is 3. The first-order valence-electron chi connectivity index (χ1n) is 14.1. The van der Waals surface area contributed by atoms with Crippen molar-refractivity contribution >= 4 is 11.6 Å². The highest BCUT2D eigenvalue weighted by molar-refractivity contribution is 5.94. The summed E-state index contributed by atoms with van der Waals surface area (Å²) in [6.07, 6.45) is 9.04. The van der Waals surface area contributed by atoms with E-state index in [-0.39, 0.29) is 5.54 Å². The van der Waals surface area contributed by atoms with Gasteiger partial charge in [-0.3, -0.25) is 0 Å². The van der Waals surface area contributed by atoms with Gasteiger partial charge in [0.05, 0.1) is 11.1 Å². The highest BCUT2D eigenvalue weighted by Gasteiger charge is 2.47. The van der Waals surface area contributed by atoms with Crippen LogP contribution in [0.4, 0.5) is 0 Å². The van der Waals surface area contributed by atoms with Crippen LogP contribution in [0.25, 0.3) is 45.3 Å². The Bertz CT molecular complexity index is 1690. The van der Waals surface area contributed by atoms with Crippen molar-refractivity contribution in [1.82, 2.24) is 0 Å². The van der Waals surface area contributed by atoms with Crippen LogP contribution in [-0.2, 0) is 12.6 Å². The van der Waals surface area contributed by atoms with Crippen molar-refractivity contribution in [2.45, 2.75) is 39.2 Å². The van der Waals surface area contributed by atoms with E-state index in [4.69, 9.17) is 0 Å². The molecule has 1 aliphatic heterocycles. The lowest BCUT2D eigenvalue weighted by Gasteiger charge is -2.35. The average Bonchev–Trinajstić information content (AvgIpc) is 2.99. The number of aryl methyl sites for hydroxylation is 2. The van der Waals surface area contributed by atoms with Crippen LogP contribution in [0.15, 0.2) is 116 Å². The molecule has 0 fully saturated rings. The summed E-state index contributed by atoms with van der Waals surface area (Å²) in [5.41, 5.74) is 12.7. The van der Waals surface area contributed by atoms with Crippen LogP contribution in [0.2, 0.25) is 0 Å². The van der Waals surface area contributed by atoms with Gasteiger partial charge in [-0.05, 0) is 53.5 Å². The van der Waals surface area contributed by atoms with Gasteiger partial charge < -0.3 is 0 Å². The number of hydrogen-bond acceptors (Lipinski definition) is 0. The Labute approximate surface area is 232 Å². The number of allylic oxidation sites excluding steroid dienone is 1. The molecule has 0 spiro atoms. The van der Waals surface area contributed by atoms with Gasteiger partial charge in [0.1, 0.15) is 7.05 Å². The molecule has 0 unspecified atom stereocenters. The molecule has 0 N–H and O–H groups in total. The number of pyridine rings is 2. The largest absolute Gasteiger partial charge is 0.213 e. The van der Waals surface area contributed by atoms with E-state index in [2.05, 4.69) is 159 Å². The molecule has 0 bridgehead atoms. The molecule has 6 rings (SSSR count). The summed E-state index contributed by atoms with van der Waals surface area (Å²) >= 11 is 0. The molecule has 0 atom stereocenters. The van der Waals surface area contributed by atoms with Crippen LogP contribution in [0.3, 0.4) is 0 Å². The summed E-state index contributed by atoms with van der Waals surface area (Å²) in [5, 5.41) is 0. The summed E-state index contributed by atoms with van der Waals surface area (Å²) in [6.45, 7) is 6.87. The van der Waals surface area contributed by atoms with Crippen molar-refractivity contribution in [3.8, 4) is 33.6 Å². The molecule has 2 heteroatoms. The quantitative estimate of drug-likeness (QED) is 0.212. The zero-order chi connectivity index (χ0) is 27.0. The summed E-state index contributed by atoms with van der Waals surface area (Å²) in [5.74, 6) is 0. The zero-order valence-corrected chi connectivity index (χ0v) is 23.4. The zero-order valence-electron chi connectivity index (χ0n) is 23.4. The highest BCUT2D eigenvalue weighted by atomic mass is 15.1. The molecule has 0 amide bonds. The number of hydrogen-bond donors (Lipinski definition) is 0. The standard InChI is InChI=1S/C37H36N2/c1-5-37(6-2)34(31-20-12-13-21-32(31)35-22-14-15-23-39(35)37)25-29-18-10-11-19-30(29)36-24-27(3)33(26-38(36)4)28-16-8-7-9-17-28/h7-26H,5-6H2,1-4H3/q+2. The Morgan fingerprint density at radius 1 is 0.667 bits per heavy atom. The van der Waals surface area contributed by atoms with E-state index in [9.17, 15) is 0 Å². The predicted molar refractivity (Wildman–Crippen MR) is 162 cm³/mol. The molecule has 1 aliphatic rings. The van der Waals surface area contributed by atoms with Crippen LogP contribution < -0.4 is 9.13 Å². The van der Waals surface area contributed by atoms with Crippen LogP contribution in [0.1, 0.15) is 43.4 Å². The second kappa shape index (κ2) is 10.1. The van der Waals surface area contributed by atoms with Gasteiger partial charge in [0.2, 0.25) is 11.4 Å². The first-order chi connectivity index (χ1) is 19.1. The van der Waals surface area contributed by atoms with Gasteiger partial charge in [-0.1, -0.05) is 80.6 Å². The topological polar surface area (TPSA) is 7.76 Å². The van der Waals surface area contributed by atoms with Gasteiger partial charge in [0.15, 0.2) is 17.9 Å². The molecule has 3 heterocycles. The minimum Gasteiger partial charge on any atom is -0.200 e. The van der Waals surface area contributed by atoms with Gasteiger partial charge >= 0.3 is 0 Å².